The van der Waals surface area contributed by atoms with Gasteiger partial charge in [0, 0.05) is 13.5 Å². The molecule has 1 heterocycles. The summed E-state index contributed by atoms with van der Waals surface area (Å²) >= 11 is 0. The van der Waals surface area contributed by atoms with Crippen molar-refractivity contribution in [2.45, 2.75) is 32.2 Å². The first kappa shape index (κ1) is 11.2. The van der Waals surface area contributed by atoms with Crippen molar-refractivity contribution in [3.8, 4) is 0 Å². The molecule has 6 nitrogen and oxygen atoms in total. The lowest BCUT2D eigenvalue weighted by atomic mass is 9.92. The molecular formula is C15H15N3O3. The van der Waals surface area contributed by atoms with Gasteiger partial charge in [-0.25, -0.2) is 4.98 Å². The highest BCUT2D eigenvalue weighted by atomic mass is 16.2. The average molecular weight is 287 g/mol. The van der Waals surface area contributed by atoms with Crippen molar-refractivity contribution in [2.75, 3.05) is 5.73 Å². The van der Waals surface area contributed by atoms with E-state index in [1.165, 1.54) is 12.1 Å². The van der Waals surface area contributed by atoms with Gasteiger partial charge in [-0.3, -0.25) is 19.0 Å². The molecule has 0 spiro atoms. The van der Waals surface area contributed by atoms with Crippen LogP contribution in [0, 0.1) is 6.92 Å². The fraction of sp³-hybridized carbons (Fsp3) is 0.333. The molecule has 0 saturated heterocycles. The number of rotatable bonds is 1. The Morgan fingerprint density at radius 2 is 2.24 bits per heavy atom. The van der Waals surface area contributed by atoms with E-state index in [9.17, 15) is 14.4 Å². The van der Waals surface area contributed by atoms with E-state index >= 15 is 0 Å². The number of carbonyl (C=O) groups is 2. The SMILES string of the molecule is [2H]c1ccc(N)c2c(=O)n(C3C(=O)CC(=O)CC3[2H])c(C)nc12. The third kappa shape index (κ3) is 2.12. The van der Waals surface area contributed by atoms with Crippen LogP contribution in [0.3, 0.4) is 0 Å². The number of aryl methyl sites for hydroxylation is 1. The molecule has 1 aliphatic rings. The molecule has 1 aliphatic carbocycles. The highest BCUT2D eigenvalue weighted by molar-refractivity contribution is 6.03. The molecule has 1 saturated carbocycles. The van der Waals surface area contributed by atoms with Crippen LogP contribution in [0.1, 0.15) is 33.8 Å². The Labute approximate surface area is 123 Å². The predicted octanol–water partition coefficient (Wildman–Crippen LogP) is 1.15. The Kier molecular flexibility index (Phi) is 2.56. The van der Waals surface area contributed by atoms with Crippen molar-refractivity contribution in [3.63, 3.8) is 0 Å². The second-order valence-corrected chi connectivity index (χ2v) is 5.06. The Morgan fingerprint density at radius 1 is 1.48 bits per heavy atom. The van der Waals surface area contributed by atoms with Gasteiger partial charge in [0.25, 0.3) is 5.56 Å². The van der Waals surface area contributed by atoms with E-state index in [1.807, 2.05) is 0 Å². The molecule has 6 heteroatoms. The lowest BCUT2D eigenvalue weighted by Gasteiger charge is -2.24. The van der Waals surface area contributed by atoms with Crippen molar-refractivity contribution in [2.24, 2.45) is 0 Å². The first-order valence-corrected chi connectivity index (χ1v) is 6.56. The quantitative estimate of drug-likeness (QED) is 0.627. The molecule has 2 aromatic rings. The standard InChI is InChI=1S/C15H15N3O3/c1-8-17-11-4-2-3-10(16)14(11)15(21)18(8)12-6-5-9(19)7-13(12)20/h2-4,12H,5-7,16H2,1H3/i4D,6D. The minimum Gasteiger partial charge on any atom is -0.398 e. The Balaban J connectivity index is 2.31. The number of nitrogen functional groups attached to an aromatic ring is 1. The van der Waals surface area contributed by atoms with E-state index in [4.69, 9.17) is 8.48 Å². The summed E-state index contributed by atoms with van der Waals surface area (Å²) in [5.74, 6) is -0.529. The van der Waals surface area contributed by atoms with Crippen molar-refractivity contribution in [3.05, 3.63) is 34.4 Å². The molecule has 1 aromatic heterocycles. The zero-order chi connectivity index (χ0) is 16.9. The zero-order valence-corrected chi connectivity index (χ0v) is 11.4. The zero-order valence-electron chi connectivity index (χ0n) is 13.4. The monoisotopic (exact) mass is 287 g/mol. The Bertz CT molecular complexity index is 907. The average Bonchev–Trinajstić information content (AvgIpc) is 2.45. The maximum absolute atomic E-state index is 12.8. The van der Waals surface area contributed by atoms with Crippen LogP contribution < -0.4 is 11.3 Å². The van der Waals surface area contributed by atoms with Gasteiger partial charge >= 0.3 is 0 Å². The predicted molar refractivity (Wildman–Crippen MR) is 78.1 cm³/mol. The van der Waals surface area contributed by atoms with Crippen molar-refractivity contribution in [1.82, 2.24) is 9.55 Å². The summed E-state index contributed by atoms with van der Waals surface area (Å²) in [7, 11) is 0. The first-order chi connectivity index (χ1) is 10.8. The molecule has 0 amide bonds. The molecule has 1 fully saturated rings. The summed E-state index contributed by atoms with van der Waals surface area (Å²) < 4.78 is 17.0. The number of nitrogens with zero attached hydrogens (tertiary/aromatic N) is 2. The second kappa shape index (κ2) is 4.80. The van der Waals surface area contributed by atoms with Crippen molar-refractivity contribution in [1.29, 1.82) is 0 Å². The number of hydrogen-bond acceptors (Lipinski definition) is 5. The second-order valence-electron chi connectivity index (χ2n) is 5.06. The number of aromatic nitrogens is 2. The summed E-state index contributed by atoms with van der Waals surface area (Å²) in [6.07, 6.45) is -1.38. The molecule has 108 valence electrons. The van der Waals surface area contributed by atoms with Gasteiger partial charge in [-0.2, -0.15) is 0 Å². The van der Waals surface area contributed by atoms with E-state index in [-0.39, 0.29) is 47.1 Å². The lowest BCUT2D eigenvalue weighted by Crippen LogP contribution is -2.36. The van der Waals surface area contributed by atoms with Crippen LogP contribution in [0.25, 0.3) is 10.9 Å². The van der Waals surface area contributed by atoms with E-state index in [0.717, 1.165) is 4.57 Å². The van der Waals surface area contributed by atoms with Gasteiger partial charge in [0.1, 0.15) is 11.6 Å². The summed E-state index contributed by atoms with van der Waals surface area (Å²) in [6.45, 7) is 1.54. The van der Waals surface area contributed by atoms with Gasteiger partial charge < -0.3 is 5.73 Å². The molecule has 0 radical (unpaired) electrons. The number of Topliss-reactive ketones (excluding diaryl/α,β-unsaturated/α-hetero) is 2. The molecular weight excluding hydrogens is 270 g/mol. The van der Waals surface area contributed by atoms with Crippen LogP contribution in [0.5, 0.6) is 0 Å². The molecule has 1 aromatic carbocycles. The molecule has 0 bridgehead atoms. The topological polar surface area (TPSA) is 95.0 Å². The van der Waals surface area contributed by atoms with Crippen LogP contribution in [0.2, 0.25) is 0 Å². The summed E-state index contributed by atoms with van der Waals surface area (Å²) in [5, 5.41) is 0.0694. The van der Waals surface area contributed by atoms with E-state index < -0.39 is 23.8 Å². The maximum atomic E-state index is 12.8. The molecule has 3 rings (SSSR count). The van der Waals surface area contributed by atoms with Crippen LogP contribution in [0.4, 0.5) is 5.69 Å². The van der Waals surface area contributed by atoms with Crippen LogP contribution in [-0.4, -0.2) is 21.1 Å². The third-order valence-corrected chi connectivity index (χ3v) is 3.61. The van der Waals surface area contributed by atoms with Gasteiger partial charge in [0.05, 0.1) is 24.7 Å². The van der Waals surface area contributed by atoms with Gasteiger partial charge in [-0.1, -0.05) is 6.07 Å². The minimum absolute atomic E-state index is 0.0640. The number of ketones is 2. The van der Waals surface area contributed by atoms with Crippen LogP contribution in [0.15, 0.2) is 23.0 Å². The summed E-state index contributed by atoms with van der Waals surface area (Å²) in [4.78, 5) is 40.7. The largest absolute Gasteiger partial charge is 0.398 e. The van der Waals surface area contributed by atoms with Gasteiger partial charge in [0.2, 0.25) is 0 Å². The van der Waals surface area contributed by atoms with E-state index in [1.54, 1.807) is 6.92 Å². The molecule has 0 aliphatic heterocycles. The van der Waals surface area contributed by atoms with Crippen LogP contribution >= 0.6 is 0 Å². The van der Waals surface area contributed by atoms with E-state index in [2.05, 4.69) is 4.98 Å². The van der Waals surface area contributed by atoms with Crippen molar-refractivity contribution < 1.29 is 12.3 Å². The van der Waals surface area contributed by atoms with Crippen molar-refractivity contribution >= 4 is 28.2 Å². The summed E-state index contributed by atoms with van der Waals surface area (Å²) in [6, 6.07) is 1.91. The molecule has 2 unspecified atom stereocenters. The fourth-order valence-electron chi connectivity index (χ4n) is 2.62. The first-order valence-electron chi connectivity index (χ1n) is 7.63. The smallest absolute Gasteiger partial charge is 0.264 e. The fourth-order valence-corrected chi connectivity index (χ4v) is 2.62. The normalized spacial score (nSPS) is 24.0. The number of benzene rings is 1. The van der Waals surface area contributed by atoms with E-state index in [0.29, 0.717) is 0 Å². The molecule has 21 heavy (non-hydrogen) atoms. The highest BCUT2D eigenvalue weighted by Gasteiger charge is 2.30. The number of carbonyl (C=O) groups excluding carboxylic acids is 2. The van der Waals surface area contributed by atoms with Gasteiger partial charge in [0.15, 0.2) is 5.78 Å². The number of hydrogen-bond donors (Lipinski definition) is 1. The number of nitrogens with two attached hydrogens (primary N) is 1. The van der Waals surface area contributed by atoms with Gasteiger partial charge in [-0.05, 0) is 25.4 Å². The Hall–Kier alpha value is -2.50. The number of fused-ring (bicyclic) bond motifs is 1. The Morgan fingerprint density at radius 3 is 2.95 bits per heavy atom. The highest BCUT2D eigenvalue weighted by Crippen LogP contribution is 2.24. The molecule has 2 atom stereocenters. The maximum Gasteiger partial charge on any atom is 0.264 e. The van der Waals surface area contributed by atoms with Gasteiger partial charge in [-0.15, -0.1) is 0 Å². The third-order valence-electron chi connectivity index (χ3n) is 3.61. The lowest BCUT2D eigenvalue weighted by molar-refractivity contribution is -0.132. The van der Waals surface area contributed by atoms with Crippen LogP contribution in [-0.2, 0) is 9.59 Å². The summed E-state index contributed by atoms with van der Waals surface area (Å²) in [5.41, 5.74) is 5.63. The molecule has 2 N–H and O–H groups in total. The number of anilines is 1. The minimum atomic E-state index is -1.05.